The summed E-state index contributed by atoms with van der Waals surface area (Å²) in [7, 11) is 0. The van der Waals surface area contributed by atoms with Gasteiger partial charge in [0.2, 0.25) is 11.8 Å². The molecule has 0 aliphatic carbocycles. The Morgan fingerprint density at radius 3 is 2.24 bits per heavy atom. The molecule has 2 unspecified atom stereocenters. The number of aryl methyl sites for hydroxylation is 1. The van der Waals surface area contributed by atoms with Crippen LogP contribution in [0.3, 0.4) is 0 Å². The summed E-state index contributed by atoms with van der Waals surface area (Å²) < 4.78 is 5.44. The van der Waals surface area contributed by atoms with E-state index in [2.05, 4.69) is 10.6 Å². The van der Waals surface area contributed by atoms with E-state index in [0.717, 1.165) is 16.7 Å². The van der Waals surface area contributed by atoms with E-state index in [1.807, 2.05) is 82.3 Å². The smallest absolute Gasteiger partial charge is 0.408 e. The Morgan fingerprint density at radius 2 is 1.68 bits per heavy atom. The Morgan fingerprint density at radius 1 is 1.00 bits per heavy atom. The SMILES string of the molecule is CCCN(C(=O)C(CC(C)C)NC(=O)OC(C)(C)C)C(C(=O)NCc1ccccc1)c1cccc(C)c1. The molecule has 2 atom stereocenters. The summed E-state index contributed by atoms with van der Waals surface area (Å²) in [5.41, 5.74) is 2.00. The van der Waals surface area contributed by atoms with Gasteiger partial charge in [-0.1, -0.05) is 80.9 Å². The van der Waals surface area contributed by atoms with Crippen molar-refractivity contribution < 1.29 is 19.1 Å². The van der Waals surface area contributed by atoms with Crippen LogP contribution < -0.4 is 10.6 Å². The Labute approximate surface area is 222 Å². The minimum atomic E-state index is -0.842. The molecule has 0 fully saturated rings. The van der Waals surface area contributed by atoms with Crippen LogP contribution in [0.1, 0.15) is 77.1 Å². The number of benzene rings is 2. The van der Waals surface area contributed by atoms with Crippen molar-refractivity contribution in [2.75, 3.05) is 6.54 Å². The zero-order chi connectivity index (χ0) is 27.6. The summed E-state index contributed by atoms with van der Waals surface area (Å²) in [5.74, 6) is -0.434. The predicted octanol–water partition coefficient (Wildman–Crippen LogP) is 5.53. The minimum Gasteiger partial charge on any atom is -0.444 e. The van der Waals surface area contributed by atoms with Gasteiger partial charge >= 0.3 is 6.09 Å². The zero-order valence-electron chi connectivity index (χ0n) is 23.3. The van der Waals surface area contributed by atoms with E-state index in [9.17, 15) is 14.4 Å². The molecule has 3 amide bonds. The van der Waals surface area contributed by atoms with Crippen molar-refractivity contribution in [1.29, 1.82) is 0 Å². The van der Waals surface area contributed by atoms with E-state index in [0.29, 0.717) is 25.9 Å². The third-order valence-electron chi connectivity index (χ3n) is 5.67. The first-order chi connectivity index (χ1) is 17.4. The minimum absolute atomic E-state index is 0.136. The Hall–Kier alpha value is -3.35. The van der Waals surface area contributed by atoms with E-state index in [1.165, 1.54) is 0 Å². The van der Waals surface area contributed by atoms with E-state index in [1.54, 1.807) is 25.7 Å². The van der Waals surface area contributed by atoms with Crippen molar-refractivity contribution in [2.45, 2.75) is 85.5 Å². The van der Waals surface area contributed by atoms with Gasteiger partial charge in [0.25, 0.3) is 0 Å². The topological polar surface area (TPSA) is 87.7 Å². The molecule has 7 heteroatoms. The van der Waals surface area contributed by atoms with Gasteiger partial charge in [0.1, 0.15) is 17.7 Å². The fourth-order valence-electron chi connectivity index (χ4n) is 4.15. The van der Waals surface area contributed by atoms with Gasteiger partial charge in [0.05, 0.1) is 0 Å². The normalized spacial score (nSPS) is 13.0. The first-order valence-electron chi connectivity index (χ1n) is 13.1. The van der Waals surface area contributed by atoms with E-state index < -0.39 is 23.8 Å². The summed E-state index contributed by atoms with van der Waals surface area (Å²) in [6.07, 6.45) is 0.425. The second-order valence-electron chi connectivity index (χ2n) is 10.9. The van der Waals surface area contributed by atoms with E-state index in [-0.39, 0.29) is 17.7 Å². The number of hydrogen-bond acceptors (Lipinski definition) is 4. The average molecular weight is 510 g/mol. The largest absolute Gasteiger partial charge is 0.444 e. The maximum atomic E-state index is 14.0. The number of nitrogens with zero attached hydrogens (tertiary/aromatic N) is 1. The molecule has 0 heterocycles. The van der Waals surface area contributed by atoms with Gasteiger partial charge in [-0.3, -0.25) is 9.59 Å². The molecule has 2 N–H and O–H groups in total. The lowest BCUT2D eigenvalue weighted by Gasteiger charge is -2.35. The Bertz CT molecular complexity index is 1030. The third kappa shape index (κ3) is 9.90. The lowest BCUT2D eigenvalue weighted by atomic mass is 9.98. The molecule has 37 heavy (non-hydrogen) atoms. The van der Waals surface area contributed by atoms with Crippen LogP contribution in [-0.2, 0) is 20.9 Å². The molecule has 0 saturated carbocycles. The van der Waals surface area contributed by atoms with Gasteiger partial charge < -0.3 is 20.3 Å². The summed E-state index contributed by atoms with van der Waals surface area (Å²) in [4.78, 5) is 41.9. The highest BCUT2D eigenvalue weighted by Gasteiger charge is 2.36. The third-order valence-corrected chi connectivity index (χ3v) is 5.67. The quantitative estimate of drug-likeness (QED) is 0.417. The Balaban J connectivity index is 2.42. The lowest BCUT2D eigenvalue weighted by Crippen LogP contribution is -2.53. The van der Waals surface area contributed by atoms with Crippen molar-refractivity contribution in [3.05, 3.63) is 71.3 Å². The van der Waals surface area contributed by atoms with Crippen molar-refractivity contribution >= 4 is 17.9 Å². The molecule has 2 aromatic rings. The molecule has 2 aromatic carbocycles. The van der Waals surface area contributed by atoms with Gasteiger partial charge in [-0.15, -0.1) is 0 Å². The number of ether oxygens (including phenoxy) is 1. The fraction of sp³-hybridized carbons (Fsp3) is 0.500. The first-order valence-corrected chi connectivity index (χ1v) is 13.1. The monoisotopic (exact) mass is 509 g/mol. The van der Waals surface area contributed by atoms with Gasteiger partial charge in [0.15, 0.2) is 0 Å². The molecule has 0 aliphatic rings. The molecule has 0 spiro atoms. The van der Waals surface area contributed by atoms with Crippen molar-refractivity contribution in [3.63, 3.8) is 0 Å². The van der Waals surface area contributed by atoms with Crippen LogP contribution in [0.4, 0.5) is 4.79 Å². The van der Waals surface area contributed by atoms with Gasteiger partial charge in [0, 0.05) is 13.1 Å². The molecule has 0 saturated heterocycles. The average Bonchev–Trinajstić information content (AvgIpc) is 2.81. The van der Waals surface area contributed by atoms with Gasteiger partial charge in [-0.05, 0) is 57.6 Å². The van der Waals surface area contributed by atoms with Crippen molar-refractivity contribution in [2.24, 2.45) is 5.92 Å². The standard InChI is InChI=1S/C30H43N3O4/c1-8-17-33(28(35)25(18-21(2)3)32-29(36)37-30(5,6)7)26(24-16-12-13-22(4)19-24)27(34)31-20-23-14-10-9-11-15-23/h9-16,19,21,25-26H,8,17-18,20H2,1-7H3,(H,31,34)(H,32,36). The van der Waals surface area contributed by atoms with Crippen LogP contribution in [0.2, 0.25) is 0 Å². The van der Waals surface area contributed by atoms with Crippen LogP contribution in [0.25, 0.3) is 0 Å². The summed E-state index contributed by atoms with van der Waals surface area (Å²) in [5, 5.41) is 5.79. The van der Waals surface area contributed by atoms with Gasteiger partial charge in [-0.2, -0.15) is 0 Å². The highest BCUT2D eigenvalue weighted by molar-refractivity contribution is 5.92. The van der Waals surface area contributed by atoms with Crippen LogP contribution >= 0.6 is 0 Å². The van der Waals surface area contributed by atoms with Crippen LogP contribution in [-0.4, -0.2) is 41.0 Å². The number of rotatable bonds is 11. The van der Waals surface area contributed by atoms with Crippen LogP contribution in [0, 0.1) is 12.8 Å². The maximum absolute atomic E-state index is 14.0. The lowest BCUT2D eigenvalue weighted by molar-refractivity contribution is -0.142. The number of nitrogens with one attached hydrogen (secondary N) is 2. The number of carbonyl (C=O) groups excluding carboxylic acids is 3. The predicted molar refractivity (Wildman–Crippen MR) is 147 cm³/mol. The van der Waals surface area contributed by atoms with E-state index >= 15 is 0 Å². The number of amides is 3. The summed E-state index contributed by atoms with van der Waals surface area (Å²) >= 11 is 0. The van der Waals surface area contributed by atoms with Crippen LogP contribution in [0.5, 0.6) is 0 Å². The van der Waals surface area contributed by atoms with Crippen molar-refractivity contribution in [3.8, 4) is 0 Å². The van der Waals surface area contributed by atoms with E-state index in [4.69, 9.17) is 4.74 Å². The first kappa shape index (κ1) is 29.9. The molecule has 7 nitrogen and oxygen atoms in total. The second-order valence-corrected chi connectivity index (χ2v) is 10.9. The van der Waals surface area contributed by atoms with Gasteiger partial charge in [-0.25, -0.2) is 4.79 Å². The highest BCUT2D eigenvalue weighted by atomic mass is 16.6. The molecule has 0 bridgehead atoms. The summed E-state index contributed by atoms with van der Waals surface area (Å²) in [6.45, 7) is 14.0. The molecule has 202 valence electrons. The molecular weight excluding hydrogens is 466 g/mol. The molecule has 0 radical (unpaired) electrons. The van der Waals surface area contributed by atoms with Crippen molar-refractivity contribution in [1.82, 2.24) is 15.5 Å². The molecule has 0 aliphatic heterocycles. The fourth-order valence-corrected chi connectivity index (χ4v) is 4.15. The summed E-state index contributed by atoms with van der Waals surface area (Å²) in [6, 6.07) is 15.6. The number of hydrogen-bond donors (Lipinski definition) is 2. The highest BCUT2D eigenvalue weighted by Crippen LogP contribution is 2.25. The second kappa shape index (κ2) is 13.8. The maximum Gasteiger partial charge on any atom is 0.408 e. The van der Waals surface area contributed by atoms with Crippen LogP contribution in [0.15, 0.2) is 54.6 Å². The molecule has 0 aromatic heterocycles. The zero-order valence-corrected chi connectivity index (χ0v) is 23.3. The molecule has 2 rings (SSSR count). The number of alkyl carbamates (subject to hydrolysis) is 1. The number of carbonyl (C=O) groups is 3. The Kier molecular flexibility index (Phi) is 11.2. The molecular formula is C30H43N3O4.